The lowest BCUT2D eigenvalue weighted by molar-refractivity contribution is -0.729. The lowest BCUT2D eigenvalue weighted by atomic mass is 10.1. The van der Waals surface area contributed by atoms with Crippen molar-refractivity contribution in [3.8, 4) is 0 Å². The van der Waals surface area contributed by atoms with Gasteiger partial charge in [-0.15, -0.1) is 15.1 Å². The molecule has 0 atom stereocenters. The third kappa shape index (κ3) is 4.81. The molecule has 0 aromatic heterocycles. The number of hydrazine groups is 1. The monoisotopic (exact) mass is 338 g/mol. The molecule has 128 valence electrons. The highest BCUT2D eigenvalue weighted by Crippen LogP contribution is 2.26. The van der Waals surface area contributed by atoms with Gasteiger partial charge in [-0.1, -0.05) is 17.9 Å². The van der Waals surface area contributed by atoms with Crippen molar-refractivity contribution in [2.75, 3.05) is 27.2 Å². The molecule has 0 bridgehead atoms. The van der Waals surface area contributed by atoms with Gasteiger partial charge in [-0.25, -0.2) is 19.7 Å². The summed E-state index contributed by atoms with van der Waals surface area (Å²) in [4.78, 5) is 34.9. The lowest BCUT2D eigenvalue weighted by Crippen LogP contribution is -2.62. The Hall–Kier alpha value is -2.49. The molecule has 0 aliphatic carbocycles. The van der Waals surface area contributed by atoms with Crippen molar-refractivity contribution < 1.29 is 37.7 Å². The first-order valence-corrected chi connectivity index (χ1v) is 5.10. The Morgan fingerprint density at radius 3 is 1.86 bits per heavy atom. The van der Waals surface area contributed by atoms with E-state index in [0.29, 0.717) is 14.1 Å². The van der Waals surface area contributed by atoms with Crippen molar-refractivity contribution in [3.05, 3.63) is 20.2 Å². The fraction of sp³-hybridized carbons (Fsp3) is 0.833. The van der Waals surface area contributed by atoms with Gasteiger partial charge in [-0.3, -0.25) is 0 Å². The van der Waals surface area contributed by atoms with Gasteiger partial charge in [0.25, 0.3) is 0 Å². The zero-order valence-electron chi connectivity index (χ0n) is 11.1. The molecular weight excluding hydrogens is 328 g/mol. The second kappa shape index (κ2) is 7.50. The summed E-state index contributed by atoms with van der Waals surface area (Å²) in [6.45, 7) is -3.09. The van der Waals surface area contributed by atoms with E-state index in [2.05, 4.69) is 4.84 Å². The molecule has 0 N–H and O–H groups in total. The molecular formula is C6H10F4N6O6. The number of hydrogen-bond acceptors (Lipinski definition) is 8. The van der Waals surface area contributed by atoms with E-state index < -0.39 is 45.7 Å². The molecule has 22 heavy (non-hydrogen) atoms. The number of carbonyl (C=O) groups excluding carboxylic acids is 1. The van der Waals surface area contributed by atoms with Crippen LogP contribution in [0.2, 0.25) is 0 Å². The zero-order valence-corrected chi connectivity index (χ0v) is 11.1. The smallest absolute Gasteiger partial charge is 0.319 e. The first-order chi connectivity index (χ1) is 9.93. The molecule has 0 saturated heterocycles. The molecule has 16 heteroatoms. The maximum Gasteiger partial charge on any atom is 0.398 e. The Labute approximate surface area is 119 Å². The standard InChI is InChI=1S/C6H10F4N6O6/c1-11(5(17)22-16(20)21)3-6(13(7)8,14(9)10)4-12(2)15(18)19/h3-4H2,1-2H3. The van der Waals surface area contributed by atoms with Crippen molar-refractivity contribution in [2.45, 2.75) is 5.66 Å². The SMILES string of the molecule is CN(CC(CN(C)[N+](=O)[O-])(N(F)F)N(F)F)C(=O)O[N+](=O)[O-]. The maximum atomic E-state index is 12.9. The Balaban J connectivity index is 5.36. The summed E-state index contributed by atoms with van der Waals surface area (Å²) >= 11 is 0. The minimum atomic E-state index is -3.62. The van der Waals surface area contributed by atoms with Crippen LogP contribution in [0.25, 0.3) is 0 Å². The summed E-state index contributed by atoms with van der Waals surface area (Å²) in [7, 11) is 1.29. The Kier molecular flexibility index (Phi) is 6.65. The summed E-state index contributed by atoms with van der Waals surface area (Å²) in [5, 5.41) is 13.3. The molecule has 0 aromatic carbocycles. The highest BCUT2D eigenvalue weighted by Gasteiger charge is 2.52. The van der Waals surface area contributed by atoms with Gasteiger partial charge in [0.2, 0.25) is 5.66 Å². The van der Waals surface area contributed by atoms with Crippen LogP contribution in [0.5, 0.6) is 0 Å². The largest absolute Gasteiger partial charge is 0.398 e. The molecule has 0 radical (unpaired) electrons. The third-order valence-corrected chi connectivity index (χ3v) is 2.34. The van der Waals surface area contributed by atoms with Crippen molar-refractivity contribution in [1.29, 1.82) is 0 Å². The van der Waals surface area contributed by atoms with Crippen molar-refractivity contribution in [1.82, 2.24) is 20.6 Å². The number of nitrogens with zero attached hydrogens (tertiary/aromatic N) is 6. The van der Waals surface area contributed by atoms with Crippen molar-refractivity contribution >= 4 is 6.09 Å². The normalized spacial score (nSPS) is 11.5. The average Bonchev–Trinajstić information content (AvgIpc) is 2.35. The van der Waals surface area contributed by atoms with Gasteiger partial charge >= 0.3 is 11.2 Å². The van der Waals surface area contributed by atoms with Crippen molar-refractivity contribution in [3.63, 3.8) is 0 Å². The van der Waals surface area contributed by atoms with Crippen LogP contribution < -0.4 is 0 Å². The Morgan fingerprint density at radius 1 is 1.09 bits per heavy atom. The van der Waals surface area contributed by atoms with Gasteiger partial charge in [0, 0.05) is 7.05 Å². The molecule has 0 unspecified atom stereocenters. The molecule has 0 saturated carbocycles. The van der Waals surface area contributed by atoms with E-state index in [1.165, 1.54) is 0 Å². The topological polar surface area (TPSA) is 126 Å². The second-order valence-corrected chi connectivity index (χ2v) is 3.94. The number of halogens is 4. The molecule has 0 aliphatic rings. The summed E-state index contributed by atoms with van der Waals surface area (Å²) in [6, 6.07) is 0. The van der Waals surface area contributed by atoms with Crippen LogP contribution in [-0.2, 0) is 4.84 Å². The molecule has 0 aliphatic heterocycles. The van der Waals surface area contributed by atoms with Gasteiger partial charge in [0.05, 0.1) is 24.3 Å². The first-order valence-electron chi connectivity index (χ1n) is 5.10. The molecule has 0 aromatic rings. The molecule has 0 heterocycles. The molecule has 0 spiro atoms. The molecule has 0 rings (SSSR count). The minimum Gasteiger partial charge on any atom is -0.319 e. The Bertz CT molecular complexity index is 430. The summed E-state index contributed by atoms with van der Waals surface area (Å²) in [6.07, 6.45) is -1.82. The lowest BCUT2D eigenvalue weighted by Gasteiger charge is -2.35. The van der Waals surface area contributed by atoms with Crippen LogP contribution in [-0.4, -0.2) is 69.7 Å². The second-order valence-electron chi connectivity index (χ2n) is 3.94. The van der Waals surface area contributed by atoms with E-state index in [1.54, 1.807) is 0 Å². The predicted molar refractivity (Wildman–Crippen MR) is 56.6 cm³/mol. The molecule has 1 amide bonds. The fourth-order valence-electron chi connectivity index (χ4n) is 1.32. The fourth-order valence-corrected chi connectivity index (χ4v) is 1.32. The number of likely N-dealkylation sites (N-methyl/N-ethyl adjacent to an activating group) is 2. The predicted octanol–water partition coefficient (Wildman–Crippen LogP) is 0.208. The quantitative estimate of drug-likeness (QED) is 0.201. The van der Waals surface area contributed by atoms with Gasteiger partial charge in [0.15, 0.2) is 5.03 Å². The van der Waals surface area contributed by atoms with Crippen LogP contribution in [0.1, 0.15) is 0 Å². The number of carbonyl (C=O) groups is 1. The van der Waals surface area contributed by atoms with E-state index in [9.17, 15) is 42.9 Å². The van der Waals surface area contributed by atoms with Crippen LogP contribution in [0.4, 0.5) is 22.7 Å². The zero-order chi connectivity index (χ0) is 17.7. The minimum absolute atomic E-state index is 0.0366. The summed E-state index contributed by atoms with van der Waals surface area (Å²) < 4.78 is 51.5. The van der Waals surface area contributed by atoms with E-state index in [4.69, 9.17) is 0 Å². The highest BCUT2D eigenvalue weighted by atomic mass is 19.4. The average molecular weight is 338 g/mol. The van der Waals surface area contributed by atoms with Crippen LogP contribution >= 0.6 is 0 Å². The highest BCUT2D eigenvalue weighted by molar-refractivity contribution is 5.66. The van der Waals surface area contributed by atoms with Crippen molar-refractivity contribution in [2.24, 2.45) is 0 Å². The number of nitro groups is 1. The number of hydrogen-bond donors (Lipinski definition) is 0. The maximum absolute atomic E-state index is 12.9. The van der Waals surface area contributed by atoms with Gasteiger partial charge in [-0.2, -0.15) is 0 Å². The van der Waals surface area contributed by atoms with Crippen LogP contribution in [0, 0.1) is 20.2 Å². The Morgan fingerprint density at radius 2 is 1.55 bits per heavy atom. The third-order valence-electron chi connectivity index (χ3n) is 2.34. The van der Waals surface area contributed by atoms with Gasteiger partial charge < -0.3 is 4.90 Å². The van der Waals surface area contributed by atoms with E-state index in [0.717, 1.165) is 0 Å². The van der Waals surface area contributed by atoms with Gasteiger partial charge in [0.1, 0.15) is 6.54 Å². The number of amides is 1. The van der Waals surface area contributed by atoms with E-state index in [1.807, 2.05) is 0 Å². The first kappa shape index (κ1) is 19.5. The van der Waals surface area contributed by atoms with E-state index >= 15 is 0 Å². The number of rotatable bonds is 8. The summed E-state index contributed by atoms with van der Waals surface area (Å²) in [5.74, 6) is 0. The van der Waals surface area contributed by atoms with Gasteiger partial charge in [-0.05, 0) is 0 Å². The van der Waals surface area contributed by atoms with Crippen LogP contribution in [0.3, 0.4) is 0 Å². The molecule has 0 fully saturated rings. The van der Waals surface area contributed by atoms with E-state index in [-0.39, 0.29) is 9.91 Å². The molecule has 12 nitrogen and oxygen atoms in total. The van der Waals surface area contributed by atoms with Crippen LogP contribution in [0.15, 0.2) is 0 Å². The summed E-state index contributed by atoms with van der Waals surface area (Å²) in [5.41, 5.74) is -3.62.